The van der Waals surface area contributed by atoms with E-state index in [2.05, 4.69) is 5.32 Å². The van der Waals surface area contributed by atoms with Crippen molar-refractivity contribution >= 4 is 23.3 Å². The van der Waals surface area contributed by atoms with Crippen LogP contribution in [-0.2, 0) is 9.59 Å². The van der Waals surface area contributed by atoms with E-state index in [9.17, 15) is 14.4 Å². The van der Waals surface area contributed by atoms with Gasteiger partial charge in [-0.15, -0.1) is 0 Å². The highest BCUT2D eigenvalue weighted by Crippen LogP contribution is 2.36. The minimum absolute atomic E-state index is 0.145. The molecule has 29 heavy (non-hydrogen) atoms. The Kier molecular flexibility index (Phi) is 5.77. The Morgan fingerprint density at radius 1 is 1.21 bits per heavy atom. The van der Waals surface area contributed by atoms with Crippen molar-refractivity contribution in [2.24, 2.45) is 0 Å². The molecule has 0 fully saturated rings. The Morgan fingerprint density at radius 2 is 1.97 bits per heavy atom. The van der Waals surface area contributed by atoms with Gasteiger partial charge in [0.05, 0.1) is 12.0 Å². The summed E-state index contributed by atoms with van der Waals surface area (Å²) >= 11 is 0. The monoisotopic (exact) mass is 398 g/mol. The molecule has 1 N–H and O–H groups in total. The number of nitrogens with one attached hydrogen (secondary N) is 1. The Hall–Kier alpha value is -3.09. The highest BCUT2D eigenvalue weighted by molar-refractivity contribution is 6.10. The number of hydrogen-bond acceptors (Lipinski definition) is 5. The fourth-order valence-corrected chi connectivity index (χ4v) is 3.09. The van der Waals surface area contributed by atoms with Gasteiger partial charge in [-0.3, -0.25) is 19.3 Å². The molecular weight excluding hydrogens is 372 g/mol. The maximum Gasteiger partial charge on any atom is 0.268 e. The lowest BCUT2D eigenvalue weighted by molar-refractivity contribution is -0.129. The van der Waals surface area contributed by atoms with E-state index in [1.54, 1.807) is 30.3 Å². The minimum atomic E-state index is -0.666. The van der Waals surface area contributed by atoms with Gasteiger partial charge in [0.15, 0.2) is 11.9 Å². The molecule has 154 valence electrons. The molecule has 0 saturated heterocycles. The third kappa shape index (κ3) is 4.34. The number of nitrogens with zero attached hydrogens (tertiary/aromatic N) is 1. The zero-order chi connectivity index (χ0) is 21.2. The van der Waals surface area contributed by atoms with Crippen molar-refractivity contribution in [3.05, 3.63) is 47.9 Å². The second kappa shape index (κ2) is 8.11. The van der Waals surface area contributed by atoms with Crippen molar-refractivity contribution in [1.82, 2.24) is 5.32 Å². The molecule has 2 aromatic rings. The fraction of sp³-hybridized carbons (Fsp3) is 0.409. The van der Waals surface area contributed by atoms with Crippen molar-refractivity contribution in [2.45, 2.75) is 52.2 Å². The number of carbonyl (C=O) groups is 3. The highest BCUT2D eigenvalue weighted by Gasteiger charge is 2.35. The molecule has 3 rings (SSSR count). The zero-order valence-electron chi connectivity index (χ0n) is 17.2. The molecule has 2 heterocycles. The topological polar surface area (TPSA) is 88.8 Å². The molecule has 0 aliphatic carbocycles. The molecule has 0 spiro atoms. The molecule has 1 aliphatic rings. The summed E-state index contributed by atoms with van der Waals surface area (Å²) in [6, 6.07) is 8.07. The third-order valence-corrected chi connectivity index (χ3v) is 5.10. The number of rotatable bonds is 7. The molecule has 2 amide bonds. The van der Waals surface area contributed by atoms with Crippen LogP contribution < -0.4 is 15.0 Å². The fourth-order valence-electron chi connectivity index (χ4n) is 3.09. The van der Waals surface area contributed by atoms with Crippen molar-refractivity contribution in [3.8, 4) is 5.75 Å². The van der Waals surface area contributed by atoms with Crippen LogP contribution in [0.15, 0.2) is 41.0 Å². The lowest BCUT2D eigenvalue weighted by atomic mass is 10.0. The van der Waals surface area contributed by atoms with Crippen LogP contribution in [0.3, 0.4) is 0 Å². The van der Waals surface area contributed by atoms with E-state index in [-0.39, 0.29) is 35.4 Å². The quantitative estimate of drug-likeness (QED) is 0.723. The SMILES string of the molecule is CC[C@H]1Oc2ccc(C(=O)c3ccco3)cc2N(CC(=O)NC(C)(C)CC)C1=O. The smallest absolute Gasteiger partial charge is 0.268 e. The molecule has 0 unspecified atom stereocenters. The van der Waals surface area contributed by atoms with Crippen molar-refractivity contribution < 1.29 is 23.5 Å². The average molecular weight is 398 g/mol. The first kappa shape index (κ1) is 20.6. The number of fused-ring (bicyclic) bond motifs is 1. The number of ketones is 1. The van der Waals surface area contributed by atoms with Crippen molar-refractivity contribution in [1.29, 1.82) is 0 Å². The van der Waals surface area contributed by atoms with Crippen molar-refractivity contribution in [3.63, 3.8) is 0 Å². The maximum absolute atomic E-state index is 12.9. The number of amides is 2. The average Bonchev–Trinajstić information content (AvgIpc) is 3.23. The van der Waals surface area contributed by atoms with Crippen LogP contribution in [0.1, 0.15) is 56.7 Å². The molecule has 0 radical (unpaired) electrons. The number of benzene rings is 1. The lowest BCUT2D eigenvalue weighted by Crippen LogP contribution is -2.52. The largest absolute Gasteiger partial charge is 0.478 e. The maximum atomic E-state index is 12.9. The summed E-state index contributed by atoms with van der Waals surface area (Å²) in [6.07, 6.45) is 1.99. The summed E-state index contributed by atoms with van der Waals surface area (Å²) in [4.78, 5) is 39.6. The van der Waals surface area contributed by atoms with Gasteiger partial charge in [0.25, 0.3) is 5.91 Å². The molecular formula is C22H26N2O5. The van der Waals surface area contributed by atoms with Crippen LogP contribution in [0.25, 0.3) is 0 Å². The van der Waals surface area contributed by atoms with Crippen LogP contribution in [-0.4, -0.2) is 35.8 Å². The Labute approximate surface area is 170 Å². The third-order valence-electron chi connectivity index (χ3n) is 5.10. The Bertz CT molecular complexity index is 917. The summed E-state index contributed by atoms with van der Waals surface area (Å²) in [6.45, 7) is 7.54. The summed E-state index contributed by atoms with van der Waals surface area (Å²) < 4.78 is 11.0. The van der Waals surface area contributed by atoms with Crippen LogP contribution in [0, 0.1) is 0 Å². The summed E-state index contributed by atoms with van der Waals surface area (Å²) in [5.41, 5.74) is 0.377. The van der Waals surface area contributed by atoms with Gasteiger partial charge in [-0.1, -0.05) is 13.8 Å². The molecule has 7 heteroatoms. The van der Waals surface area contributed by atoms with Gasteiger partial charge in [-0.05, 0) is 57.0 Å². The van der Waals surface area contributed by atoms with E-state index in [1.165, 1.54) is 11.2 Å². The van der Waals surface area contributed by atoms with E-state index >= 15 is 0 Å². The predicted molar refractivity (Wildman–Crippen MR) is 108 cm³/mol. The van der Waals surface area contributed by atoms with Gasteiger partial charge in [0.2, 0.25) is 11.7 Å². The second-order valence-electron chi connectivity index (χ2n) is 7.71. The second-order valence-corrected chi connectivity index (χ2v) is 7.71. The normalized spacial score (nSPS) is 16.2. The van der Waals surface area contributed by atoms with Gasteiger partial charge >= 0.3 is 0 Å². The van der Waals surface area contributed by atoms with E-state index in [4.69, 9.17) is 9.15 Å². The van der Waals surface area contributed by atoms with E-state index in [0.717, 1.165) is 6.42 Å². The Morgan fingerprint density at radius 3 is 2.59 bits per heavy atom. The van der Waals surface area contributed by atoms with Gasteiger partial charge < -0.3 is 14.5 Å². The molecule has 1 aliphatic heterocycles. The van der Waals surface area contributed by atoms with Crippen LogP contribution in [0.4, 0.5) is 5.69 Å². The van der Waals surface area contributed by atoms with Gasteiger partial charge in [0.1, 0.15) is 12.3 Å². The van der Waals surface area contributed by atoms with Crippen LogP contribution in [0.2, 0.25) is 0 Å². The molecule has 1 aromatic heterocycles. The summed E-state index contributed by atoms with van der Waals surface area (Å²) in [7, 11) is 0. The Balaban J connectivity index is 1.93. The molecule has 1 aromatic carbocycles. The summed E-state index contributed by atoms with van der Waals surface area (Å²) in [5, 5.41) is 2.94. The number of anilines is 1. The minimum Gasteiger partial charge on any atom is -0.478 e. The number of ether oxygens (including phenoxy) is 1. The van der Waals surface area contributed by atoms with Crippen LogP contribution in [0.5, 0.6) is 5.75 Å². The van der Waals surface area contributed by atoms with Crippen LogP contribution >= 0.6 is 0 Å². The van der Waals surface area contributed by atoms with Gasteiger partial charge in [-0.2, -0.15) is 0 Å². The standard InChI is InChI=1S/C22H26N2O5/c1-5-16-21(27)24(13-19(25)23-22(3,4)6-2)15-12-14(9-10-17(15)29-16)20(26)18-8-7-11-28-18/h7-12,16H,5-6,13H2,1-4H3,(H,23,25)/t16-/m1/s1. The molecule has 0 saturated carbocycles. The van der Waals surface area contributed by atoms with E-state index < -0.39 is 6.10 Å². The van der Waals surface area contributed by atoms with Gasteiger partial charge in [-0.25, -0.2) is 0 Å². The van der Waals surface area contributed by atoms with E-state index in [1.807, 2.05) is 27.7 Å². The number of furan rings is 1. The highest BCUT2D eigenvalue weighted by atomic mass is 16.5. The number of carbonyl (C=O) groups excluding carboxylic acids is 3. The first-order valence-electron chi connectivity index (χ1n) is 9.77. The lowest BCUT2D eigenvalue weighted by Gasteiger charge is -2.35. The number of hydrogen-bond donors (Lipinski definition) is 1. The van der Waals surface area contributed by atoms with Gasteiger partial charge in [0, 0.05) is 11.1 Å². The van der Waals surface area contributed by atoms with Crippen molar-refractivity contribution in [2.75, 3.05) is 11.4 Å². The zero-order valence-corrected chi connectivity index (χ0v) is 17.2. The first-order valence-corrected chi connectivity index (χ1v) is 9.77. The first-order chi connectivity index (χ1) is 13.8. The molecule has 0 bridgehead atoms. The molecule has 1 atom stereocenters. The predicted octanol–water partition coefficient (Wildman–Crippen LogP) is 3.32. The van der Waals surface area contributed by atoms with E-state index in [0.29, 0.717) is 23.4 Å². The summed E-state index contributed by atoms with van der Waals surface area (Å²) in [5.74, 6) is -0.203. The molecule has 7 nitrogen and oxygen atoms in total.